The summed E-state index contributed by atoms with van der Waals surface area (Å²) in [6, 6.07) is 53.9. The lowest BCUT2D eigenvalue weighted by Gasteiger charge is -2.36. The minimum Gasteiger partial charge on any atom is -0.455 e. The van der Waals surface area contributed by atoms with E-state index in [1.807, 2.05) is 0 Å². The molecular formula is C38H31NOSi. The summed E-state index contributed by atoms with van der Waals surface area (Å²) in [6.07, 6.45) is 0. The molecule has 1 heterocycles. The predicted molar refractivity (Wildman–Crippen MR) is 175 cm³/mol. The number of benzene rings is 6. The maximum atomic E-state index is 6.75. The van der Waals surface area contributed by atoms with Crippen LogP contribution in [-0.4, -0.2) is 8.07 Å². The summed E-state index contributed by atoms with van der Waals surface area (Å²) >= 11 is 0. The second-order valence-corrected chi connectivity index (χ2v) is 15.4. The van der Waals surface area contributed by atoms with Gasteiger partial charge in [-0.25, -0.2) is 0 Å². The van der Waals surface area contributed by atoms with E-state index in [9.17, 15) is 0 Å². The Morgan fingerprint density at radius 1 is 0.439 bits per heavy atom. The van der Waals surface area contributed by atoms with E-state index in [1.54, 1.807) is 0 Å². The quantitative estimate of drug-likeness (QED) is 0.200. The van der Waals surface area contributed by atoms with Crippen LogP contribution in [0.15, 0.2) is 152 Å². The van der Waals surface area contributed by atoms with E-state index < -0.39 is 8.07 Å². The molecule has 2 nitrogen and oxygen atoms in total. The van der Waals surface area contributed by atoms with E-state index in [-0.39, 0.29) is 0 Å². The molecule has 0 unspecified atom stereocenters. The van der Waals surface area contributed by atoms with Crippen LogP contribution in [0.25, 0.3) is 22.3 Å². The van der Waals surface area contributed by atoms with Gasteiger partial charge in [0.15, 0.2) is 5.75 Å². The van der Waals surface area contributed by atoms with Gasteiger partial charge in [-0.05, 0) is 69.0 Å². The number of para-hydroxylation sites is 2. The molecule has 7 rings (SSSR count). The highest BCUT2D eigenvalue weighted by Crippen LogP contribution is 2.44. The molecular weight excluding hydrogens is 515 g/mol. The fourth-order valence-corrected chi connectivity index (χ4v) is 8.73. The number of hydrogen-bond acceptors (Lipinski definition) is 2. The highest BCUT2D eigenvalue weighted by molar-refractivity contribution is 7.01. The highest BCUT2D eigenvalue weighted by atomic mass is 28.3. The topological polar surface area (TPSA) is 12.5 Å². The van der Waals surface area contributed by atoms with Crippen LogP contribution in [0.1, 0.15) is 0 Å². The van der Waals surface area contributed by atoms with Crippen molar-refractivity contribution in [3.63, 3.8) is 0 Å². The molecule has 6 aromatic rings. The minimum atomic E-state index is -1.97. The van der Waals surface area contributed by atoms with Gasteiger partial charge in [-0.2, -0.15) is 0 Å². The van der Waals surface area contributed by atoms with Gasteiger partial charge in [0.1, 0.15) is 13.8 Å². The molecule has 0 radical (unpaired) electrons. The Balaban J connectivity index is 1.37. The first-order valence-corrected chi connectivity index (χ1v) is 17.1. The fraction of sp³-hybridized carbons (Fsp3) is 0.0526. The fourth-order valence-electron chi connectivity index (χ4n) is 5.92. The Bertz CT molecular complexity index is 1730. The van der Waals surface area contributed by atoms with Crippen molar-refractivity contribution in [1.82, 2.24) is 0 Å². The maximum absolute atomic E-state index is 6.75. The molecule has 3 heteroatoms. The molecule has 198 valence electrons. The van der Waals surface area contributed by atoms with Gasteiger partial charge < -0.3 is 9.64 Å². The lowest BCUT2D eigenvalue weighted by Crippen LogP contribution is -2.56. The van der Waals surface area contributed by atoms with Crippen LogP contribution in [0.4, 0.5) is 17.1 Å². The number of nitrogens with zero attached hydrogens (tertiary/aromatic N) is 1. The monoisotopic (exact) mass is 545 g/mol. The average Bonchev–Trinajstić information content (AvgIpc) is 3.03. The lowest BCUT2D eigenvalue weighted by atomic mass is 10.0. The standard InChI is InChI=1S/C38H31NOSi/c1-41(2)36-18-10-9-17-35(36)40-38-34(16-11-19-37(38)41)39(32-24-20-30(21-25-32)28-12-5-3-6-13-28)33-26-22-31(23-27-33)29-14-7-4-8-15-29/h3-27H,1-2H3. The summed E-state index contributed by atoms with van der Waals surface area (Å²) in [6.45, 7) is 4.84. The summed E-state index contributed by atoms with van der Waals surface area (Å²) in [5, 5.41) is 2.66. The number of anilines is 3. The van der Waals surface area contributed by atoms with Crippen LogP contribution < -0.4 is 20.0 Å². The largest absolute Gasteiger partial charge is 0.455 e. The first-order valence-electron chi connectivity index (χ1n) is 14.1. The summed E-state index contributed by atoms with van der Waals surface area (Å²) in [4.78, 5) is 2.33. The molecule has 41 heavy (non-hydrogen) atoms. The van der Waals surface area contributed by atoms with Crippen LogP contribution >= 0.6 is 0 Å². The van der Waals surface area contributed by atoms with E-state index in [0.29, 0.717) is 0 Å². The number of fused-ring (bicyclic) bond motifs is 2. The third-order valence-corrected chi connectivity index (χ3v) is 11.6. The lowest BCUT2D eigenvalue weighted by molar-refractivity contribution is 0.488. The highest BCUT2D eigenvalue weighted by Gasteiger charge is 2.38. The molecule has 0 saturated heterocycles. The summed E-state index contributed by atoms with van der Waals surface area (Å²) in [5.74, 6) is 1.94. The van der Waals surface area contributed by atoms with Crippen LogP contribution in [0.2, 0.25) is 13.1 Å². The normalized spacial score (nSPS) is 13.0. The molecule has 0 spiro atoms. The van der Waals surface area contributed by atoms with Crippen molar-refractivity contribution in [2.45, 2.75) is 13.1 Å². The smallest absolute Gasteiger partial charge is 0.151 e. The summed E-state index contributed by atoms with van der Waals surface area (Å²) in [7, 11) is -1.97. The zero-order chi connectivity index (χ0) is 27.8. The van der Waals surface area contributed by atoms with E-state index in [1.165, 1.54) is 32.6 Å². The molecule has 0 bridgehead atoms. The summed E-state index contributed by atoms with van der Waals surface area (Å²) in [5.41, 5.74) is 8.05. The van der Waals surface area contributed by atoms with Gasteiger partial charge in [0, 0.05) is 11.4 Å². The van der Waals surface area contributed by atoms with Gasteiger partial charge in [0.2, 0.25) is 0 Å². The molecule has 0 aliphatic carbocycles. The van der Waals surface area contributed by atoms with Crippen LogP contribution in [0.5, 0.6) is 11.5 Å². The zero-order valence-electron chi connectivity index (χ0n) is 23.3. The molecule has 0 N–H and O–H groups in total. The van der Waals surface area contributed by atoms with Gasteiger partial charge >= 0.3 is 0 Å². The van der Waals surface area contributed by atoms with Gasteiger partial charge in [-0.3, -0.25) is 0 Å². The Kier molecular flexibility index (Phi) is 6.30. The molecule has 6 aromatic carbocycles. The van der Waals surface area contributed by atoms with Gasteiger partial charge in [0.05, 0.1) is 5.69 Å². The Morgan fingerprint density at radius 3 is 1.46 bits per heavy atom. The average molecular weight is 546 g/mol. The van der Waals surface area contributed by atoms with Crippen molar-refractivity contribution >= 4 is 35.5 Å². The summed E-state index contributed by atoms with van der Waals surface area (Å²) < 4.78 is 6.75. The number of hydrogen-bond donors (Lipinski definition) is 0. The van der Waals surface area contributed by atoms with Crippen LogP contribution in [0.3, 0.4) is 0 Å². The van der Waals surface area contributed by atoms with Crippen LogP contribution in [0, 0.1) is 0 Å². The molecule has 0 atom stereocenters. The van der Waals surface area contributed by atoms with Gasteiger partial charge in [0.25, 0.3) is 0 Å². The molecule has 1 aliphatic rings. The third-order valence-electron chi connectivity index (χ3n) is 8.15. The molecule has 1 aliphatic heterocycles. The van der Waals surface area contributed by atoms with E-state index in [2.05, 4.69) is 170 Å². The van der Waals surface area contributed by atoms with Gasteiger partial charge in [-0.1, -0.05) is 128 Å². The van der Waals surface area contributed by atoms with E-state index in [4.69, 9.17) is 4.74 Å². The third kappa shape index (κ3) is 4.54. The first-order chi connectivity index (χ1) is 20.1. The Morgan fingerprint density at radius 2 is 0.902 bits per heavy atom. The first kappa shape index (κ1) is 25.1. The second-order valence-electron chi connectivity index (χ2n) is 11.0. The Hall–Kier alpha value is -4.86. The number of ether oxygens (including phenoxy) is 1. The van der Waals surface area contributed by atoms with Crippen molar-refractivity contribution in [1.29, 1.82) is 0 Å². The van der Waals surface area contributed by atoms with Crippen molar-refractivity contribution in [3.05, 3.63) is 152 Å². The van der Waals surface area contributed by atoms with Crippen molar-refractivity contribution < 1.29 is 4.74 Å². The van der Waals surface area contributed by atoms with Gasteiger partial charge in [-0.15, -0.1) is 0 Å². The van der Waals surface area contributed by atoms with Crippen molar-refractivity contribution in [2.24, 2.45) is 0 Å². The van der Waals surface area contributed by atoms with Crippen LogP contribution in [-0.2, 0) is 0 Å². The minimum absolute atomic E-state index is 0.960. The molecule has 0 fully saturated rings. The molecule has 0 amide bonds. The zero-order valence-corrected chi connectivity index (χ0v) is 24.3. The van der Waals surface area contributed by atoms with Crippen molar-refractivity contribution in [3.8, 4) is 33.8 Å². The molecule has 0 saturated carbocycles. The Labute approximate surface area is 243 Å². The maximum Gasteiger partial charge on any atom is 0.151 e. The SMILES string of the molecule is C[Si]1(C)c2ccccc2Oc2c(N(c3ccc(-c4ccccc4)cc3)c3ccc(-c4ccccc4)cc3)cccc21. The molecule has 0 aromatic heterocycles. The van der Waals surface area contributed by atoms with E-state index in [0.717, 1.165) is 28.6 Å². The predicted octanol–water partition coefficient (Wildman–Crippen LogP) is 9.42. The van der Waals surface area contributed by atoms with Crippen molar-refractivity contribution in [2.75, 3.05) is 4.90 Å². The van der Waals surface area contributed by atoms with E-state index >= 15 is 0 Å². The number of rotatable bonds is 5. The second kappa shape index (κ2) is 10.3.